The van der Waals surface area contributed by atoms with Crippen molar-refractivity contribution in [3.63, 3.8) is 0 Å². The molecule has 116 valence electrons. The SMILES string of the molecule is CCCC(CCN)CCc1nc(CSCC(C)C)no1. The van der Waals surface area contributed by atoms with E-state index in [2.05, 4.69) is 30.9 Å². The zero-order valence-electron chi connectivity index (χ0n) is 13.1. The number of aryl methyl sites for hydroxylation is 1. The summed E-state index contributed by atoms with van der Waals surface area (Å²) in [4.78, 5) is 4.47. The number of hydrogen-bond acceptors (Lipinski definition) is 5. The van der Waals surface area contributed by atoms with Gasteiger partial charge in [0.25, 0.3) is 0 Å². The molecule has 0 aliphatic heterocycles. The van der Waals surface area contributed by atoms with E-state index in [1.54, 1.807) is 0 Å². The van der Waals surface area contributed by atoms with E-state index in [9.17, 15) is 0 Å². The first-order valence-corrected chi connectivity index (χ1v) is 8.90. The fourth-order valence-electron chi connectivity index (χ4n) is 2.24. The highest BCUT2D eigenvalue weighted by Gasteiger charge is 2.11. The van der Waals surface area contributed by atoms with Crippen LogP contribution in [-0.2, 0) is 12.2 Å². The van der Waals surface area contributed by atoms with Crippen LogP contribution in [0.1, 0.15) is 58.2 Å². The third-order valence-corrected chi connectivity index (χ3v) is 4.60. The number of nitrogens with zero attached hydrogens (tertiary/aromatic N) is 2. The molecule has 0 spiro atoms. The van der Waals surface area contributed by atoms with E-state index in [1.807, 2.05) is 11.8 Å². The van der Waals surface area contributed by atoms with E-state index >= 15 is 0 Å². The maximum absolute atomic E-state index is 5.66. The van der Waals surface area contributed by atoms with Gasteiger partial charge in [-0.15, -0.1) is 0 Å². The average Bonchev–Trinajstić information content (AvgIpc) is 2.84. The second-order valence-electron chi connectivity index (χ2n) is 5.78. The lowest BCUT2D eigenvalue weighted by atomic mass is 9.94. The Balaban J connectivity index is 2.31. The van der Waals surface area contributed by atoms with Crippen molar-refractivity contribution in [3.05, 3.63) is 11.7 Å². The molecule has 4 nitrogen and oxygen atoms in total. The minimum atomic E-state index is 0.690. The monoisotopic (exact) mass is 299 g/mol. The molecule has 0 amide bonds. The first-order valence-electron chi connectivity index (χ1n) is 7.75. The highest BCUT2D eigenvalue weighted by molar-refractivity contribution is 7.98. The maximum Gasteiger partial charge on any atom is 0.226 e. The van der Waals surface area contributed by atoms with Crippen LogP contribution in [0.15, 0.2) is 4.52 Å². The Morgan fingerprint density at radius 1 is 1.25 bits per heavy atom. The van der Waals surface area contributed by atoms with Gasteiger partial charge in [0.15, 0.2) is 5.82 Å². The van der Waals surface area contributed by atoms with Crippen LogP contribution in [0, 0.1) is 11.8 Å². The highest BCUT2D eigenvalue weighted by atomic mass is 32.2. The Morgan fingerprint density at radius 2 is 2.05 bits per heavy atom. The van der Waals surface area contributed by atoms with Gasteiger partial charge in [0.2, 0.25) is 5.89 Å². The molecule has 0 aliphatic carbocycles. The lowest BCUT2D eigenvalue weighted by molar-refractivity contribution is 0.347. The molecule has 1 aromatic rings. The van der Waals surface area contributed by atoms with Gasteiger partial charge in [-0.3, -0.25) is 0 Å². The summed E-state index contributed by atoms with van der Waals surface area (Å²) in [5.41, 5.74) is 5.66. The van der Waals surface area contributed by atoms with Gasteiger partial charge < -0.3 is 10.3 Å². The lowest BCUT2D eigenvalue weighted by Gasteiger charge is -2.13. The molecule has 1 unspecified atom stereocenters. The van der Waals surface area contributed by atoms with Gasteiger partial charge in [0.1, 0.15) is 0 Å². The summed E-state index contributed by atoms with van der Waals surface area (Å²) >= 11 is 1.87. The number of thioether (sulfide) groups is 1. The number of nitrogens with two attached hydrogens (primary N) is 1. The largest absolute Gasteiger partial charge is 0.339 e. The molecular formula is C15H29N3OS. The van der Waals surface area contributed by atoms with Gasteiger partial charge in [-0.05, 0) is 37.0 Å². The standard InChI is InChI=1S/C15H29N3OS/c1-4-5-13(8-9-16)6-7-15-17-14(18-19-15)11-20-10-12(2)3/h12-13H,4-11,16H2,1-3H3. The van der Waals surface area contributed by atoms with Crippen molar-refractivity contribution in [1.29, 1.82) is 0 Å². The van der Waals surface area contributed by atoms with E-state index in [0.29, 0.717) is 11.8 Å². The highest BCUT2D eigenvalue weighted by Crippen LogP contribution is 2.18. The molecule has 0 fully saturated rings. The van der Waals surface area contributed by atoms with Crippen LogP contribution in [0.5, 0.6) is 0 Å². The summed E-state index contributed by atoms with van der Waals surface area (Å²) < 4.78 is 5.32. The second kappa shape index (κ2) is 10.2. The second-order valence-corrected chi connectivity index (χ2v) is 6.81. The van der Waals surface area contributed by atoms with Gasteiger partial charge >= 0.3 is 0 Å². The summed E-state index contributed by atoms with van der Waals surface area (Å²) in [5, 5.41) is 4.05. The first kappa shape index (κ1) is 17.5. The topological polar surface area (TPSA) is 64.9 Å². The van der Waals surface area contributed by atoms with Crippen LogP contribution in [-0.4, -0.2) is 22.4 Å². The Hall–Kier alpha value is -0.550. The lowest BCUT2D eigenvalue weighted by Crippen LogP contribution is -2.09. The van der Waals surface area contributed by atoms with Crippen LogP contribution in [0.2, 0.25) is 0 Å². The molecule has 1 heterocycles. The van der Waals surface area contributed by atoms with Crippen LogP contribution in [0.3, 0.4) is 0 Å². The van der Waals surface area contributed by atoms with Crippen molar-refractivity contribution < 1.29 is 4.52 Å². The van der Waals surface area contributed by atoms with Crippen molar-refractivity contribution in [2.75, 3.05) is 12.3 Å². The fourth-order valence-corrected chi connectivity index (χ4v) is 3.13. The van der Waals surface area contributed by atoms with E-state index in [0.717, 1.165) is 49.0 Å². The van der Waals surface area contributed by atoms with E-state index in [-0.39, 0.29) is 0 Å². The van der Waals surface area contributed by atoms with Crippen molar-refractivity contribution in [3.8, 4) is 0 Å². The Labute approximate surface area is 127 Å². The van der Waals surface area contributed by atoms with Crippen LogP contribution >= 0.6 is 11.8 Å². The number of rotatable bonds is 11. The van der Waals surface area contributed by atoms with Gasteiger partial charge in [-0.2, -0.15) is 16.7 Å². The predicted octanol–water partition coefficient (Wildman–Crippen LogP) is 3.66. The van der Waals surface area contributed by atoms with Gasteiger partial charge in [0, 0.05) is 6.42 Å². The minimum Gasteiger partial charge on any atom is -0.339 e. The quantitative estimate of drug-likeness (QED) is 0.675. The van der Waals surface area contributed by atoms with Crippen LogP contribution < -0.4 is 5.73 Å². The Bertz CT molecular complexity index is 349. The molecule has 0 bridgehead atoms. The molecule has 2 N–H and O–H groups in total. The van der Waals surface area contributed by atoms with Crippen LogP contribution in [0.25, 0.3) is 0 Å². The maximum atomic E-state index is 5.66. The summed E-state index contributed by atoms with van der Waals surface area (Å²) in [5.74, 6) is 5.00. The van der Waals surface area contributed by atoms with Crippen LogP contribution in [0.4, 0.5) is 0 Å². The molecule has 0 aromatic carbocycles. The predicted molar refractivity (Wildman–Crippen MR) is 85.7 cm³/mol. The Morgan fingerprint density at radius 3 is 2.70 bits per heavy atom. The fraction of sp³-hybridized carbons (Fsp3) is 0.867. The van der Waals surface area contributed by atoms with Gasteiger partial charge in [-0.1, -0.05) is 38.8 Å². The Kier molecular flexibility index (Phi) is 8.94. The summed E-state index contributed by atoms with van der Waals surface area (Å²) in [6.45, 7) is 7.44. The van der Waals surface area contributed by atoms with Crippen molar-refractivity contribution in [1.82, 2.24) is 10.1 Å². The van der Waals surface area contributed by atoms with E-state index < -0.39 is 0 Å². The molecule has 5 heteroatoms. The normalized spacial score (nSPS) is 13.1. The summed E-state index contributed by atoms with van der Waals surface area (Å²) in [6, 6.07) is 0. The summed E-state index contributed by atoms with van der Waals surface area (Å²) in [6.07, 6.45) is 5.53. The average molecular weight is 299 g/mol. The van der Waals surface area contributed by atoms with Gasteiger partial charge in [0.05, 0.1) is 5.75 Å². The first-order chi connectivity index (χ1) is 9.65. The molecule has 20 heavy (non-hydrogen) atoms. The zero-order chi connectivity index (χ0) is 14.8. The molecule has 0 saturated carbocycles. The van der Waals surface area contributed by atoms with Gasteiger partial charge in [-0.25, -0.2) is 0 Å². The molecule has 1 atom stereocenters. The number of aromatic nitrogens is 2. The minimum absolute atomic E-state index is 0.690. The molecule has 1 aromatic heterocycles. The molecular weight excluding hydrogens is 270 g/mol. The van der Waals surface area contributed by atoms with E-state index in [1.165, 1.54) is 12.8 Å². The molecule has 0 saturated heterocycles. The molecule has 0 radical (unpaired) electrons. The number of hydrogen-bond donors (Lipinski definition) is 1. The third kappa shape index (κ3) is 7.29. The smallest absolute Gasteiger partial charge is 0.226 e. The van der Waals surface area contributed by atoms with Crippen molar-refractivity contribution in [2.24, 2.45) is 17.6 Å². The zero-order valence-corrected chi connectivity index (χ0v) is 13.9. The summed E-state index contributed by atoms with van der Waals surface area (Å²) in [7, 11) is 0. The van der Waals surface area contributed by atoms with E-state index in [4.69, 9.17) is 10.3 Å². The molecule has 1 rings (SSSR count). The molecule has 0 aliphatic rings. The van der Waals surface area contributed by atoms with Crippen molar-refractivity contribution >= 4 is 11.8 Å². The van der Waals surface area contributed by atoms with Crippen molar-refractivity contribution in [2.45, 2.75) is 58.6 Å². The third-order valence-electron chi connectivity index (χ3n) is 3.23.